The Kier molecular flexibility index (Phi) is 4.16. The van der Waals surface area contributed by atoms with Crippen LogP contribution in [0.1, 0.15) is 26.5 Å². The number of ether oxygens (including phenoxy) is 1. The third kappa shape index (κ3) is 3.24. The zero-order valence-corrected chi connectivity index (χ0v) is 13.3. The minimum Gasteiger partial charge on any atom is -0.443 e. The second-order valence-corrected chi connectivity index (χ2v) is 5.89. The molecule has 0 unspecified atom stereocenters. The van der Waals surface area contributed by atoms with Crippen molar-refractivity contribution >= 4 is 11.8 Å². The van der Waals surface area contributed by atoms with E-state index in [0.29, 0.717) is 11.4 Å². The normalized spacial score (nSPS) is 11.4. The van der Waals surface area contributed by atoms with Gasteiger partial charge in [0.1, 0.15) is 11.3 Å². The van der Waals surface area contributed by atoms with Crippen LogP contribution < -0.4 is 4.90 Å². The van der Waals surface area contributed by atoms with Gasteiger partial charge in [-0.25, -0.2) is 9.48 Å². The number of halogens is 1. The van der Waals surface area contributed by atoms with Crippen LogP contribution in [-0.4, -0.2) is 33.5 Å². The van der Waals surface area contributed by atoms with Gasteiger partial charge in [-0.1, -0.05) is 0 Å². The number of anilines is 1. The molecule has 2 aromatic rings. The molecule has 1 amide bonds. The van der Waals surface area contributed by atoms with Crippen molar-refractivity contribution in [2.24, 2.45) is 0 Å². The van der Waals surface area contributed by atoms with E-state index in [4.69, 9.17) is 4.74 Å². The van der Waals surface area contributed by atoms with Crippen molar-refractivity contribution < 1.29 is 13.9 Å². The lowest BCUT2D eigenvalue weighted by Gasteiger charge is -2.24. The highest BCUT2D eigenvalue weighted by atomic mass is 19.1. The molecular weight excluding hydrogens is 287 g/mol. The van der Waals surface area contributed by atoms with Gasteiger partial charge in [-0.2, -0.15) is 9.49 Å². The summed E-state index contributed by atoms with van der Waals surface area (Å²) < 4.78 is 21.0. The largest absolute Gasteiger partial charge is 0.443 e. The van der Waals surface area contributed by atoms with E-state index in [2.05, 4.69) is 10.1 Å². The first-order valence-electron chi connectivity index (χ1n) is 6.83. The van der Waals surface area contributed by atoms with Crippen LogP contribution in [0.2, 0.25) is 0 Å². The highest BCUT2D eigenvalue weighted by Gasteiger charge is 2.27. The van der Waals surface area contributed by atoms with Gasteiger partial charge < -0.3 is 4.74 Å². The van der Waals surface area contributed by atoms with Crippen LogP contribution in [0.5, 0.6) is 0 Å². The van der Waals surface area contributed by atoms with E-state index in [0.717, 1.165) is 9.58 Å². The van der Waals surface area contributed by atoms with E-state index >= 15 is 0 Å². The maximum absolute atomic E-state index is 14.6. The average molecular weight is 306 g/mol. The SMILES string of the molecule is Cc1nn(-c2cccnc2)c(F)c1N(C)C(=O)OC(C)(C)C. The summed E-state index contributed by atoms with van der Waals surface area (Å²) in [6, 6.07) is 3.36. The predicted molar refractivity (Wildman–Crippen MR) is 80.7 cm³/mol. The molecular formula is C15H19FN4O2. The maximum atomic E-state index is 14.6. The van der Waals surface area contributed by atoms with Crippen LogP contribution in [0.4, 0.5) is 14.9 Å². The van der Waals surface area contributed by atoms with E-state index in [9.17, 15) is 9.18 Å². The standard InChI is InChI=1S/C15H19FN4O2/c1-10-12(19(5)14(21)22-15(2,3)4)13(16)20(18-10)11-7-6-8-17-9-11/h6-9H,1-5H3. The molecule has 22 heavy (non-hydrogen) atoms. The molecule has 6 nitrogen and oxygen atoms in total. The Balaban J connectivity index is 2.37. The summed E-state index contributed by atoms with van der Waals surface area (Å²) in [4.78, 5) is 17.2. The molecule has 0 saturated heterocycles. The number of pyridine rings is 1. The van der Waals surface area contributed by atoms with Gasteiger partial charge in [0.2, 0.25) is 5.95 Å². The monoisotopic (exact) mass is 306 g/mol. The van der Waals surface area contributed by atoms with Crippen LogP contribution >= 0.6 is 0 Å². The molecule has 118 valence electrons. The second-order valence-electron chi connectivity index (χ2n) is 5.89. The molecule has 0 aliphatic rings. The quantitative estimate of drug-likeness (QED) is 0.855. The van der Waals surface area contributed by atoms with Gasteiger partial charge in [-0.05, 0) is 39.8 Å². The van der Waals surface area contributed by atoms with Gasteiger partial charge >= 0.3 is 6.09 Å². The van der Waals surface area contributed by atoms with Crippen molar-refractivity contribution in [3.8, 4) is 5.69 Å². The molecule has 0 saturated carbocycles. The number of carbonyl (C=O) groups is 1. The second kappa shape index (κ2) is 5.75. The number of carbonyl (C=O) groups excluding carboxylic acids is 1. The number of aryl methyl sites for hydroxylation is 1. The van der Waals surface area contributed by atoms with Crippen molar-refractivity contribution in [2.45, 2.75) is 33.3 Å². The molecule has 0 atom stereocenters. The Morgan fingerprint density at radius 1 is 1.41 bits per heavy atom. The Hall–Kier alpha value is -2.44. The van der Waals surface area contributed by atoms with E-state index < -0.39 is 17.6 Å². The Morgan fingerprint density at radius 2 is 2.09 bits per heavy atom. The van der Waals surface area contributed by atoms with Gasteiger partial charge in [0.25, 0.3) is 0 Å². The number of aromatic nitrogens is 3. The number of rotatable bonds is 2. The molecule has 2 aromatic heterocycles. The van der Waals surface area contributed by atoms with Crippen molar-refractivity contribution in [3.05, 3.63) is 36.2 Å². The Labute approximate surface area is 128 Å². The third-order valence-electron chi connectivity index (χ3n) is 2.87. The molecule has 0 N–H and O–H groups in total. The number of nitrogens with zero attached hydrogens (tertiary/aromatic N) is 4. The number of hydrogen-bond donors (Lipinski definition) is 0. The van der Waals surface area contributed by atoms with Crippen LogP contribution in [0.15, 0.2) is 24.5 Å². The molecule has 7 heteroatoms. The lowest BCUT2D eigenvalue weighted by atomic mass is 10.2. The summed E-state index contributed by atoms with van der Waals surface area (Å²) in [5.41, 5.74) is 0.287. The van der Waals surface area contributed by atoms with Gasteiger partial charge in [-0.15, -0.1) is 0 Å². The van der Waals surface area contributed by atoms with Gasteiger partial charge in [0.15, 0.2) is 0 Å². The fraction of sp³-hybridized carbons (Fsp3) is 0.400. The Morgan fingerprint density at radius 3 is 2.64 bits per heavy atom. The average Bonchev–Trinajstić information content (AvgIpc) is 2.72. The van der Waals surface area contributed by atoms with E-state index in [-0.39, 0.29) is 5.69 Å². The smallest absolute Gasteiger partial charge is 0.414 e. The zero-order valence-electron chi connectivity index (χ0n) is 13.3. The van der Waals surface area contributed by atoms with Crippen LogP contribution in [-0.2, 0) is 4.74 Å². The van der Waals surface area contributed by atoms with Crippen molar-refractivity contribution in [3.63, 3.8) is 0 Å². The van der Waals surface area contributed by atoms with Crippen molar-refractivity contribution in [1.82, 2.24) is 14.8 Å². The molecule has 0 bridgehead atoms. The van der Waals surface area contributed by atoms with Crippen LogP contribution in [0.3, 0.4) is 0 Å². The summed E-state index contributed by atoms with van der Waals surface area (Å²) in [5, 5.41) is 4.13. The van der Waals surface area contributed by atoms with Crippen molar-refractivity contribution in [2.75, 3.05) is 11.9 Å². The fourth-order valence-corrected chi connectivity index (χ4v) is 1.94. The molecule has 0 fully saturated rings. The lowest BCUT2D eigenvalue weighted by molar-refractivity contribution is 0.0588. The molecule has 0 spiro atoms. The molecule has 2 rings (SSSR count). The maximum Gasteiger partial charge on any atom is 0.414 e. The number of hydrogen-bond acceptors (Lipinski definition) is 4. The van der Waals surface area contributed by atoms with Gasteiger partial charge in [0.05, 0.1) is 17.6 Å². The first-order chi connectivity index (χ1) is 10.2. The highest BCUT2D eigenvalue weighted by molar-refractivity contribution is 5.88. The minimum atomic E-state index is -0.658. The van der Waals surface area contributed by atoms with Crippen LogP contribution in [0.25, 0.3) is 5.69 Å². The Bertz CT molecular complexity index is 677. The lowest BCUT2D eigenvalue weighted by Crippen LogP contribution is -2.34. The fourth-order valence-electron chi connectivity index (χ4n) is 1.94. The highest BCUT2D eigenvalue weighted by Crippen LogP contribution is 2.26. The molecule has 0 aromatic carbocycles. The summed E-state index contributed by atoms with van der Waals surface area (Å²) in [6.07, 6.45) is 2.44. The molecule has 0 aliphatic carbocycles. The van der Waals surface area contributed by atoms with Gasteiger partial charge in [-0.3, -0.25) is 9.88 Å². The summed E-state index contributed by atoms with van der Waals surface area (Å²) in [5.74, 6) is -0.640. The minimum absolute atomic E-state index is 0.0816. The predicted octanol–water partition coefficient (Wildman–Crippen LogP) is 3.09. The first kappa shape index (κ1) is 15.9. The molecule has 0 radical (unpaired) electrons. The van der Waals surface area contributed by atoms with E-state index in [1.165, 1.54) is 13.2 Å². The van der Waals surface area contributed by atoms with E-state index in [1.54, 1.807) is 46.0 Å². The van der Waals surface area contributed by atoms with Gasteiger partial charge in [0, 0.05) is 13.2 Å². The summed E-state index contributed by atoms with van der Waals surface area (Å²) >= 11 is 0. The van der Waals surface area contributed by atoms with Crippen molar-refractivity contribution in [1.29, 1.82) is 0 Å². The third-order valence-corrected chi connectivity index (χ3v) is 2.87. The molecule has 0 aliphatic heterocycles. The van der Waals surface area contributed by atoms with Crippen LogP contribution in [0, 0.1) is 12.9 Å². The first-order valence-corrected chi connectivity index (χ1v) is 6.83. The molecule has 2 heterocycles. The van der Waals surface area contributed by atoms with E-state index in [1.807, 2.05) is 0 Å². The zero-order chi connectivity index (χ0) is 16.5. The number of amides is 1. The summed E-state index contributed by atoms with van der Waals surface area (Å²) in [7, 11) is 1.45. The summed E-state index contributed by atoms with van der Waals surface area (Å²) in [6.45, 7) is 6.88. The topological polar surface area (TPSA) is 60.2 Å².